The highest BCUT2D eigenvalue weighted by atomic mass is 32.2. The average molecular weight is 539 g/mol. The second kappa shape index (κ2) is 16.6. The molecule has 0 aliphatic heterocycles. The summed E-state index contributed by atoms with van der Waals surface area (Å²) < 4.78 is 0. The quantitative estimate of drug-likeness (QED) is 0.166. The van der Waals surface area contributed by atoms with Crippen molar-refractivity contribution in [3.05, 3.63) is 35.9 Å². The number of amides is 3. The zero-order valence-electron chi connectivity index (χ0n) is 21.4. The minimum absolute atomic E-state index is 0.0307. The molecular formula is C25H38N4O7S. The molecule has 0 spiro atoms. The Hall–Kier alpha value is -3.12. The molecule has 37 heavy (non-hydrogen) atoms. The van der Waals surface area contributed by atoms with Crippen LogP contribution in [0, 0.1) is 5.92 Å². The number of rotatable bonds is 17. The van der Waals surface area contributed by atoms with Crippen molar-refractivity contribution in [2.75, 3.05) is 12.0 Å². The van der Waals surface area contributed by atoms with Crippen LogP contribution in [-0.2, 0) is 30.4 Å². The van der Waals surface area contributed by atoms with Crippen LogP contribution in [0.4, 0.5) is 0 Å². The molecule has 0 heterocycles. The first-order valence-corrected chi connectivity index (χ1v) is 13.5. The van der Waals surface area contributed by atoms with Crippen LogP contribution in [0.15, 0.2) is 30.3 Å². The van der Waals surface area contributed by atoms with Gasteiger partial charge in [-0.1, -0.05) is 44.2 Å². The summed E-state index contributed by atoms with van der Waals surface area (Å²) in [5.41, 5.74) is 6.94. The number of hydrogen-bond donors (Lipinski definition) is 6. The lowest BCUT2D eigenvalue weighted by Gasteiger charge is -2.26. The standard InChI is InChI=1S/C25H38N4O7S/c1-15(2)13-20(24(34)28-19(25(35)36)9-10-21(30)31)29-23(33)18(11-12-37-3)27-22(32)17(26)14-16-7-5-4-6-8-16/h4-8,15,17-20H,9-14,26H2,1-3H3,(H,27,32)(H,28,34)(H,29,33)(H,30,31)(H,35,36). The molecule has 1 aromatic carbocycles. The lowest BCUT2D eigenvalue weighted by molar-refractivity contribution is -0.143. The van der Waals surface area contributed by atoms with Crippen molar-refractivity contribution in [3.63, 3.8) is 0 Å². The van der Waals surface area contributed by atoms with E-state index in [1.807, 2.05) is 50.4 Å². The van der Waals surface area contributed by atoms with E-state index >= 15 is 0 Å². The van der Waals surface area contributed by atoms with E-state index in [9.17, 15) is 29.1 Å². The first-order valence-electron chi connectivity index (χ1n) is 12.1. The Morgan fingerprint density at radius 2 is 1.43 bits per heavy atom. The molecule has 0 radical (unpaired) electrons. The number of benzene rings is 1. The number of nitrogens with two attached hydrogens (primary N) is 1. The summed E-state index contributed by atoms with van der Waals surface area (Å²) >= 11 is 1.49. The molecule has 0 bridgehead atoms. The second-order valence-electron chi connectivity index (χ2n) is 9.16. The van der Waals surface area contributed by atoms with Gasteiger partial charge in [0.25, 0.3) is 0 Å². The van der Waals surface area contributed by atoms with Gasteiger partial charge in [-0.2, -0.15) is 11.8 Å². The predicted octanol–water partition coefficient (Wildman–Crippen LogP) is 0.759. The summed E-state index contributed by atoms with van der Waals surface area (Å²) in [6.45, 7) is 3.67. The maximum absolute atomic E-state index is 13.1. The normalized spacial score (nSPS) is 14.2. The van der Waals surface area contributed by atoms with Crippen LogP contribution in [0.25, 0.3) is 0 Å². The zero-order valence-corrected chi connectivity index (χ0v) is 22.3. The third-order valence-electron chi connectivity index (χ3n) is 5.48. The Labute approximate surface area is 221 Å². The molecule has 7 N–H and O–H groups in total. The summed E-state index contributed by atoms with van der Waals surface area (Å²) in [6, 6.07) is 4.90. The summed E-state index contributed by atoms with van der Waals surface area (Å²) in [5, 5.41) is 25.8. The van der Waals surface area contributed by atoms with Crippen molar-refractivity contribution in [2.45, 2.75) is 70.1 Å². The van der Waals surface area contributed by atoms with Crippen LogP contribution in [0.3, 0.4) is 0 Å². The number of thioether (sulfide) groups is 1. The SMILES string of the molecule is CSCCC(NC(=O)C(N)Cc1ccccc1)C(=O)NC(CC(C)C)C(=O)NC(CCC(=O)O)C(=O)O. The monoisotopic (exact) mass is 538 g/mol. The Kier molecular flexibility index (Phi) is 14.3. The third kappa shape index (κ3) is 12.6. The number of carboxylic acid groups (broad SMARTS) is 2. The van der Waals surface area contributed by atoms with Crippen molar-refractivity contribution in [3.8, 4) is 0 Å². The van der Waals surface area contributed by atoms with Crippen molar-refractivity contribution < 1.29 is 34.2 Å². The first-order chi connectivity index (χ1) is 17.4. The molecule has 206 valence electrons. The minimum Gasteiger partial charge on any atom is -0.481 e. The molecule has 0 fully saturated rings. The van der Waals surface area contributed by atoms with Gasteiger partial charge in [0, 0.05) is 6.42 Å². The number of hydrogen-bond acceptors (Lipinski definition) is 7. The molecule has 4 unspecified atom stereocenters. The van der Waals surface area contributed by atoms with Crippen molar-refractivity contribution in [2.24, 2.45) is 11.7 Å². The van der Waals surface area contributed by atoms with E-state index in [1.165, 1.54) is 11.8 Å². The molecule has 4 atom stereocenters. The van der Waals surface area contributed by atoms with E-state index in [0.29, 0.717) is 12.2 Å². The fourth-order valence-electron chi connectivity index (χ4n) is 3.52. The number of aliphatic carboxylic acids is 2. The zero-order chi connectivity index (χ0) is 28.0. The highest BCUT2D eigenvalue weighted by Crippen LogP contribution is 2.09. The topological polar surface area (TPSA) is 188 Å². The van der Waals surface area contributed by atoms with E-state index in [-0.39, 0.29) is 25.2 Å². The van der Waals surface area contributed by atoms with Gasteiger partial charge in [0.2, 0.25) is 17.7 Å². The lowest BCUT2D eigenvalue weighted by atomic mass is 10.0. The van der Waals surface area contributed by atoms with Crippen molar-refractivity contribution in [1.82, 2.24) is 16.0 Å². The van der Waals surface area contributed by atoms with Gasteiger partial charge in [-0.3, -0.25) is 19.2 Å². The number of carbonyl (C=O) groups is 5. The highest BCUT2D eigenvalue weighted by Gasteiger charge is 2.30. The lowest BCUT2D eigenvalue weighted by Crippen LogP contribution is -2.57. The molecule has 1 rings (SSSR count). The molecule has 0 aromatic heterocycles. The van der Waals surface area contributed by atoms with Gasteiger partial charge < -0.3 is 31.9 Å². The van der Waals surface area contributed by atoms with Crippen LogP contribution < -0.4 is 21.7 Å². The summed E-state index contributed by atoms with van der Waals surface area (Å²) in [4.78, 5) is 61.1. The van der Waals surface area contributed by atoms with E-state index in [2.05, 4.69) is 16.0 Å². The summed E-state index contributed by atoms with van der Waals surface area (Å²) in [6.07, 6.45) is 1.91. The maximum atomic E-state index is 13.1. The molecule has 3 amide bonds. The fraction of sp³-hybridized carbons (Fsp3) is 0.560. The van der Waals surface area contributed by atoms with E-state index in [0.717, 1.165) is 5.56 Å². The van der Waals surface area contributed by atoms with Crippen LogP contribution in [0.1, 0.15) is 45.1 Å². The van der Waals surface area contributed by atoms with Crippen molar-refractivity contribution in [1.29, 1.82) is 0 Å². The Morgan fingerprint density at radius 1 is 0.865 bits per heavy atom. The molecular weight excluding hydrogens is 500 g/mol. The molecule has 1 aromatic rings. The molecule has 11 nitrogen and oxygen atoms in total. The van der Waals surface area contributed by atoms with Crippen LogP contribution >= 0.6 is 11.8 Å². The predicted molar refractivity (Wildman–Crippen MR) is 141 cm³/mol. The van der Waals surface area contributed by atoms with Gasteiger partial charge in [0.05, 0.1) is 6.04 Å². The molecule has 0 saturated carbocycles. The Morgan fingerprint density at radius 3 is 1.97 bits per heavy atom. The van der Waals surface area contributed by atoms with Gasteiger partial charge in [0.1, 0.15) is 18.1 Å². The van der Waals surface area contributed by atoms with Gasteiger partial charge in [0.15, 0.2) is 0 Å². The third-order valence-corrected chi connectivity index (χ3v) is 6.12. The highest BCUT2D eigenvalue weighted by molar-refractivity contribution is 7.98. The van der Waals surface area contributed by atoms with Crippen LogP contribution in [-0.4, -0.2) is 76.0 Å². The van der Waals surface area contributed by atoms with E-state index in [4.69, 9.17) is 10.8 Å². The van der Waals surface area contributed by atoms with Gasteiger partial charge in [-0.05, 0) is 49.2 Å². The average Bonchev–Trinajstić information content (AvgIpc) is 2.83. The largest absolute Gasteiger partial charge is 0.481 e. The second-order valence-corrected chi connectivity index (χ2v) is 10.1. The maximum Gasteiger partial charge on any atom is 0.326 e. The Balaban J connectivity index is 2.93. The van der Waals surface area contributed by atoms with Crippen LogP contribution in [0.2, 0.25) is 0 Å². The summed E-state index contributed by atoms with van der Waals surface area (Å²) in [7, 11) is 0. The number of nitrogens with one attached hydrogen (secondary N) is 3. The minimum atomic E-state index is -1.42. The van der Waals surface area contributed by atoms with Gasteiger partial charge in [-0.15, -0.1) is 0 Å². The smallest absolute Gasteiger partial charge is 0.326 e. The van der Waals surface area contributed by atoms with Gasteiger partial charge in [-0.25, -0.2) is 4.79 Å². The summed E-state index contributed by atoms with van der Waals surface area (Å²) in [5.74, 6) is -3.87. The number of carboxylic acids is 2. The molecule has 0 aliphatic rings. The molecule has 0 aliphatic carbocycles. The first kappa shape index (κ1) is 31.9. The fourth-order valence-corrected chi connectivity index (χ4v) is 3.99. The van der Waals surface area contributed by atoms with Crippen molar-refractivity contribution >= 4 is 41.4 Å². The molecule has 12 heteroatoms. The van der Waals surface area contributed by atoms with Crippen LogP contribution in [0.5, 0.6) is 0 Å². The van der Waals surface area contributed by atoms with E-state index in [1.54, 1.807) is 0 Å². The van der Waals surface area contributed by atoms with Gasteiger partial charge >= 0.3 is 11.9 Å². The van der Waals surface area contributed by atoms with E-state index < -0.39 is 60.2 Å². The molecule has 0 saturated heterocycles. The number of carbonyl (C=O) groups excluding carboxylic acids is 3. The Bertz CT molecular complexity index is 914.